The first-order chi connectivity index (χ1) is 7.13. The van der Waals surface area contributed by atoms with Gasteiger partial charge in [-0.05, 0) is 12.8 Å². The van der Waals surface area contributed by atoms with Gasteiger partial charge in [-0.15, -0.1) is 0 Å². The van der Waals surface area contributed by atoms with E-state index < -0.39 is 0 Å². The number of carbonyl (C=O) groups is 1. The van der Waals surface area contributed by atoms with Crippen molar-refractivity contribution < 1.29 is 19.0 Å². The molecule has 1 aliphatic rings. The molecule has 0 heterocycles. The normalized spacial score (nSPS) is 36.5. The first kappa shape index (κ1) is 12.4. The third kappa shape index (κ3) is 2.68. The number of ether oxygens (including phenoxy) is 3. The first-order valence-corrected chi connectivity index (χ1v) is 5.01. The Morgan fingerprint density at radius 3 is 1.80 bits per heavy atom. The number of rotatable bonds is 4. The second-order valence-electron chi connectivity index (χ2n) is 3.82. The Labute approximate surface area is 89.9 Å². The Bertz CT molecular complexity index is 207. The van der Waals surface area contributed by atoms with E-state index >= 15 is 0 Å². The molecular weight excluding hydrogens is 198 g/mol. The van der Waals surface area contributed by atoms with Crippen LogP contribution >= 0.6 is 0 Å². The van der Waals surface area contributed by atoms with Gasteiger partial charge in [0.15, 0.2) is 0 Å². The SMILES string of the molecule is COC1[C@@H](OC)CC(C(N)=O)C[C@H]1OC. The average Bonchev–Trinajstić information content (AvgIpc) is 2.26. The smallest absolute Gasteiger partial charge is 0.220 e. The highest BCUT2D eigenvalue weighted by Gasteiger charge is 2.40. The maximum Gasteiger partial charge on any atom is 0.220 e. The molecule has 0 aromatic rings. The molecule has 1 saturated carbocycles. The van der Waals surface area contributed by atoms with E-state index in [4.69, 9.17) is 19.9 Å². The number of primary amides is 1. The summed E-state index contributed by atoms with van der Waals surface area (Å²) in [5, 5.41) is 0. The summed E-state index contributed by atoms with van der Waals surface area (Å²) in [6.45, 7) is 0. The van der Waals surface area contributed by atoms with Crippen LogP contribution in [0.15, 0.2) is 0 Å². The Kier molecular flexibility index (Phi) is 4.50. The minimum atomic E-state index is -0.298. The molecule has 0 bridgehead atoms. The van der Waals surface area contributed by atoms with Crippen molar-refractivity contribution in [1.82, 2.24) is 0 Å². The maximum absolute atomic E-state index is 11.1. The molecule has 2 unspecified atom stereocenters. The highest BCUT2D eigenvalue weighted by atomic mass is 16.6. The Morgan fingerprint density at radius 1 is 1.07 bits per heavy atom. The van der Waals surface area contributed by atoms with Crippen LogP contribution in [0.2, 0.25) is 0 Å². The van der Waals surface area contributed by atoms with Crippen molar-refractivity contribution in [3.63, 3.8) is 0 Å². The van der Waals surface area contributed by atoms with Crippen LogP contribution in [0.25, 0.3) is 0 Å². The Hall–Kier alpha value is -0.650. The highest BCUT2D eigenvalue weighted by molar-refractivity contribution is 5.76. The highest BCUT2D eigenvalue weighted by Crippen LogP contribution is 2.29. The summed E-state index contributed by atoms with van der Waals surface area (Å²) in [4.78, 5) is 11.1. The topological polar surface area (TPSA) is 70.8 Å². The summed E-state index contributed by atoms with van der Waals surface area (Å²) in [5.74, 6) is -0.486. The van der Waals surface area contributed by atoms with Crippen molar-refractivity contribution in [2.24, 2.45) is 11.7 Å². The van der Waals surface area contributed by atoms with Crippen molar-refractivity contribution in [3.8, 4) is 0 Å². The molecule has 88 valence electrons. The molecule has 0 aliphatic heterocycles. The lowest BCUT2D eigenvalue weighted by molar-refractivity contribution is -0.151. The fraction of sp³-hybridized carbons (Fsp3) is 0.900. The number of amides is 1. The zero-order chi connectivity index (χ0) is 11.4. The lowest BCUT2D eigenvalue weighted by Crippen LogP contribution is -2.49. The lowest BCUT2D eigenvalue weighted by atomic mass is 9.82. The average molecular weight is 217 g/mol. The van der Waals surface area contributed by atoms with Gasteiger partial charge in [-0.1, -0.05) is 0 Å². The summed E-state index contributed by atoms with van der Waals surface area (Å²) >= 11 is 0. The summed E-state index contributed by atoms with van der Waals surface area (Å²) in [6, 6.07) is 0. The van der Waals surface area contributed by atoms with Crippen molar-refractivity contribution in [2.75, 3.05) is 21.3 Å². The predicted octanol–water partition coefficient (Wildman–Crippen LogP) is -0.0733. The van der Waals surface area contributed by atoms with Gasteiger partial charge in [0, 0.05) is 27.2 Å². The van der Waals surface area contributed by atoms with Crippen LogP contribution in [0.3, 0.4) is 0 Å². The van der Waals surface area contributed by atoms with E-state index in [2.05, 4.69) is 0 Å². The largest absolute Gasteiger partial charge is 0.379 e. The van der Waals surface area contributed by atoms with E-state index in [0.29, 0.717) is 12.8 Å². The minimum Gasteiger partial charge on any atom is -0.379 e. The molecule has 0 aromatic carbocycles. The molecule has 1 fully saturated rings. The van der Waals surface area contributed by atoms with Crippen LogP contribution in [0.5, 0.6) is 0 Å². The van der Waals surface area contributed by atoms with Gasteiger partial charge in [0.1, 0.15) is 6.10 Å². The van der Waals surface area contributed by atoms with Crippen molar-refractivity contribution in [1.29, 1.82) is 0 Å². The molecular formula is C10H19NO4. The summed E-state index contributed by atoms with van der Waals surface area (Å²) in [5.41, 5.74) is 5.30. The van der Waals surface area contributed by atoms with E-state index in [1.807, 2.05) is 0 Å². The molecule has 1 amide bonds. The number of carbonyl (C=O) groups excluding carboxylic acids is 1. The van der Waals surface area contributed by atoms with Crippen LogP contribution in [-0.2, 0) is 19.0 Å². The number of nitrogens with two attached hydrogens (primary N) is 1. The van der Waals surface area contributed by atoms with Gasteiger partial charge in [0.2, 0.25) is 5.91 Å². The van der Waals surface area contributed by atoms with Crippen molar-refractivity contribution in [3.05, 3.63) is 0 Å². The monoisotopic (exact) mass is 217 g/mol. The van der Waals surface area contributed by atoms with E-state index in [9.17, 15) is 4.79 Å². The predicted molar refractivity (Wildman–Crippen MR) is 54.3 cm³/mol. The fourth-order valence-electron chi connectivity index (χ4n) is 2.16. The number of hydrogen-bond acceptors (Lipinski definition) is 4. The summed E-state index contributed by atoms with van der Waals surface area (Å²) < 4.78 is 15.9. The van der Waals surface area contributed by atoms with Crippen molar-refractivity contribution in [2.45, 2.75) is 31.2 Å². The second kappa shape index (κ2) is 5.44. The molecule has 0 radical (unpaired) electrons. The molecule has 15 heavy (non-hydrogen) atoms. The molecule has 0 saturated heterocycles. The van der Waals surface area contributed by atoms with Gasteiger partial charge < -0.3 is 19.9 Å². The van der Waals surface area contributed by atoms with Crippen LogP contribution in [-0.4, -0.2) is 45.5 Å². The third-order valence-corrected chi connectivity index (χ3v) is 3.05. The molecule has 1 aliphatic carbocycles. The number of methoxy groups -OCH3 is 3. The van der Waals surface area contributed by atoms with Gasteiger partial charge >= 0.3 is 0 Å². The molecule has 4 atom stereocenters. The lowest BCUT2D eigenvalue weighted by Gasteiger charge is -2.38. The van der Waals surface area contributed by atoms with Gasteiger partial charge in [-0.3, -0.25) is 4.79 Å². The standard InChI is InChI=1S/C10H19NO4/c1-13-7-4-6(10(11)12)5-8(14-2)9(7)15-3/h6-9H,4-5H2,1-3H3,(H2,11,12)/t6?,7-,8+,9?. The van der Waals surface area contributed by atoms with Crippen LogP contribution in [0.1, 0.15) is 12.8 Å². The fourth-order valence-corrected chi connectivity index (χ4v) is 2.16. The van der Waals surface area contributed by atoms with Gasteiger partial charge in [0.05, 0.1) is 12.2 Å². The van der Waals surface area contributed by atoms with Crippen LogP contribution in [0.4, 0.5) is 0 Å². The first-order valence-electron chi connectivity index (χ1n) is 5.01. The Morgan fingerprint density at radius 2 is 1.53 bits per heavy atom. The van der Waals surface area contributed by atoms with Gasteiger partial charge in [-0.25, -0.2) is 0 Å². The summed E-state index contributed by atoms with van der Waals surface area (Å²) in [6.07, 6.45) is 0.807. The van der Waals surface area contributed by atoms with E-state index in [1.165, 1.54) is 0 Å². The van der Waals surface area contributed by atoms with E-state index in [-0.39, 0.29) is 30.1 Å². The van der Waals surface area contributed by atoms with E-state index in [1.54, 1.807) is 21.3 Å². The van der Waals surface area contributed by atoms with Crippen LogP contribution < -0.4 is 5.73 Å². The molecule has 5 heteroatoms. The van der Waals surface area contributed by atoms with Crippen LogP contribution in [0, 0.1) is 5.92 Å². The van der Waals surface area contributed by atoms with Gasteiger partial charge in [-0.2, -0.15) is 0 Å². The maximum atomic E-state index is 11.1. The number of hydrogen-bond donors (Lipinski definition) is 1. The van der Waals surface area contributed by atoms with Crippen molar-refractivity contribution >= 4 is 5.91 Å². The minimum absolute atomic E-state index is 0.129. The molecule has 0 aromatic heterocycles. The molecule has 0 spiro atoms. The zero-order valence-electron chi connectivity index (χ0n) is 9.43. The Balaban J connectivity index is 2.73. The molecule has 2 N–H and O–H groups in total. The molecule has 1 rings (SSSR count). The van der Waals surface area contributed by atoms with E-state index in [0.717, 1.165) is 0 Å². The zero-order valence-corrected chi connectivity index (χ0v) is 9.43. The quantitative estimate of drug-likeness (QED) is 0.715. The summed E-state index contributed by atoms with van der Waals surface area (Å²) in [7, 11) is 4.83. The van der Waals surface area contributed by atoms with Gasteiger partial charge in [0.25, 0.3) is 0 Å². The third-order valence-electron chi connectivity index (χ3n) is 3.05. The second-order valence-corrected chi connectivity index (χ2v) is 3.82. The molecule has 5 nitrogen and oxygen atoms in total.